The molecule has 8 nitrogen and oxygen atoms in total. The fourth-order valence-corrected chi connectivity index (χ4v) is 1.53. The van der Waals surface area contributed by atoms with Gasteiger partial charge < -0.3 is 9.77 Å². The topological polar surface area (TPSA) is 107 Å². The van der Waals surface area contributed by atoms with Crippen molar-refractivity contribution in [1.82, 2.24) is 9.30 Å². The number of nitro benzene ring substituents is 1. The number of hydrogen-bond donors (Lipinski definition) is 1. The van der Waals surface area contributed by atoms with Gasteiger partial charge in [0, 0.05) is 19.2 Å². The van der Waals surface area contributed by atoms with Crippen molar-refractivity contribution in [3.8, 4) is 0 Å². The SMILES string of the molecule is Cn1c(=O)c(=O)n(O)c2cc([N+](=O)[O-])ccc21. The van der Waals surface area contributed by atoms with Gasteiger partial charge in [0.1, 0.15) is 5.52 Å². The number of aryl methyl sites for hydroxylation is 1. The maximum Gasteiger partial charge on any atom is 0.349 e. The van der Waals surface area contributed by atoms with E-state index in [-0.39, 0.29) is 21.5 Å². The molecule has 1 aromatic carbocycles. The van der Waals surface area contributed by atoms with Crippen molar-refractivity contribution in [1.29, 1.82) is 0 Å². The van der Waals surface area contributed by atoms with Crippen LogP contribution in [0.5, 0.6) is 0 Å². The highest BCUT2D eigenvalue weighted by atomic mass is 16.6. The zero-order valence-electron chi connectivity index (χ0n) is 8.65. The predicted octanol–water partition coefficient (Wildman–Crippen LogP) is -0.154. The fraction of sp³-hybridized carbons (Fsp3) is 0.111. The van der Waals surface area contributed by atoms with E-state index in [2.05, 4.69) is 0 Å². The minimum absolute atomic E-state index is 0.0914. The minimum Gasteiger partial charge on any atom is -0.425 e. The predicted molar refractivity (Wildman–Crippen MR) is 57.3 cm³/mol. The Morgan fingerprint density at radius 1 is 1.24 bits per heavy atom. The molecule has 0 bridgehead atoms. The Morgan fingerprint density at radius 3 is 2.47 bits per heavy atom. The molecule has 0 spiro atoms. The molecule has 0 aliphatic heterocycles. The van der Waals surface area contributed by atoms with E-state index in [1.165, 1.54) is 19.2 Å². The van der Waals surface area contributed by atoms with E-state index in [0.29, 0.717) is 0 Å². The van der Waals surface area contributed by atoms with Crippen molar-refractivity contribution in [3.05, 3.63) is 49.0 Å². The van der Waals surface area contributed by atoms with Crippen molar-refractivity contribution in [2.75, 3.05) is 0 Å². The molecule has 2 rings (SSSR count). The normalized spacial score (nSPS) is 10.6. The summed E-state index contributed by atoms with van der Waals surface area (Å²) in [6.45, 7) is 0. The highest BCUT2D eigenvalue weighted by Gasteiger charge is 2.14. The Balaban J connectivity index is 3.02. The molecule has 1 heterocycles. The van der Waals surface area contributed by atoms with Gasteiger partial charge in [0.25, 0.3) is 5.69 Å². The summed E-state index contributed by atoms with van der Waals surface area (Å²) < 4.78 is 1.14. The summed E-state index contributed by atoms with van der Waals surface area (Å²) in [6, 6.07) is 3.50. The van der Waals surface area contributed by atoms with Gasteiger partial charge in [-0.05, 0) is 6.07 Å². The summed E-state index contributed by atoms with van der Waals surface area (Å²) in [6.07, 6.45) is 0. The van der Waals surface area contributed by atoms with E-state index < -0.39 is 16.0 Å². The van der Waals surface area contributed by atoms with Crippen LogP contribution in [0, 0.1) is 10.1 Å². The number of aromatic nitrogens is 2. The van der Waals surface area contributed by atoms with Crippen LogP contribution in [-0.2, 0) is 7.05 Å². The molecule has 0 saturated heterocycles. The van der Waals surface area contributed by atoms with E-state index in [4.69, 9.17) is 0 Å². The lowest BCUT2D eigenvalue weighted by atomic mass is 10.2. The quantitative estimate of drug-likeness (QED) is 0.321. The zero-order chi connectivity index (χ0) is 12.7. The third kappa shape index (κ3) is 1.46. The van der Waals surface area contributed by atoms with Gasteiger partial charge in [0.15, 0.2) is 0 Å². The summed E-state index contributed by atoms with van der Waals surface area (Å²) in [4.78, 5) is 32.6. The molecule has 0 atom stereocenters. The van der Waals surface area contributed by atoms with Crippen molar-refractivity contribution in [3.63, 3.8) is 0 Å². The molecule has 0 radical (unpaired) electrons. The number of fused-ring (bicyclic) bond motifs is 1. The first-order valence-electron chi connectivity index (χ1n) is 4.53. The number of hydrogen-bond acceptors (Lipinski definition) is 5. The molecule has 0 aliphatic carbocycles. The van der Waals surface area contributed by atoms with Crippen molar-refractivity contribution in [2.24, 2.45) is 7.05 Å². The summed E-state index contributed by atoms with van der Waals surface area (Å²) in [5.74, 6) is 0. The number of benzene rings is 1. The van der Waals surface area contributed by atoms with Gasteiger partial charge in [-0.1, -0.05) is 0 Å². The Kier molecular flexibility index (Phi) is 2.20. The highest BCUT2D eigenvalue weighted by molar-refractivity contribution is 5.77. The maximum atomic E-state index is 11.4. The zero-order valence-corrected chi connectivity index (χ0v) is 8.65. The summed E-state index contributed by atoms with van der Waals surface area (Å²) in [5.41, 5.74) is -2.21. The molecular formula is C9H7N3O5. The van der Waals surface area contributed by atoms with Gasteiger partial charge >= 0.3 is 11.1 Å². The average molecular weight is 237 g/mol. The van der Waals surface area contributed by atoms with Gasteiger partial charge in [0.05, 0.1) is 10.4 Å². The Hall–Kier alpha value is -2.64. The first-order chi connectivity index (χ1) is 7.93. The van der Waals surface area contributed by atoms with E-state index in [1.807, 2.05) is 0 Å². The number of non-ortho nitro benzene ring substituents is 1. The van der Waals surface area contributed by atoms with Crippen molar-refractivity contribution in [2.45, 2.75) is 0 Å². The lowest BCUT2D eigenvalue weighted by Crippen LogP contribution is -2.39. The molecule has 0 fully saturated rings. The van der Waals surface area contributed by atoms with E-state index >= 15 is 0 Å². The number of nitro groups is 1. The van der Waals surface area contributed by atoms with Crippen LogP contribution in [-0.4, -0.2) is 19.4 Å². The smallest absolute Gasteiger partial charge is 0.349 e. The minimum atomic E-state index is -1.15. The molecule has 88 valence electrons. The number of rotatable bonds is 1. The third-order valence-corrected chi connectivity index (χ3v) is 2.44. The second-order valence-corrected chi connectivity index (χ2v) is 3.41. The largest absolute Gasteiger partial charge is 0.425 e. The lowest BCUT2D eigenvalue weighted by Gasteiger charge is -2.06. The molecular weight excluding hydrogens is 230 g/mol. The summed E-state index contributed by atoms with van der Waals surface area (Å²) >= 11 is 0. The van der Waals surface area contributed by atoms with Crippen LogP contribution >= 0.6 is 0 Å². The van der Waals surface area contributed by atoms with Gasteiger partial charge in [-0.2, -0.15) is 0 Å². The van der Waals surface area contributed by atoms with Crippen LogP contribution in [0.15, 0.2) is 27.8 Å². The van der Waals surface area contributed by atoms with E-state index in [9.17, 15) is 24.9 Å². The molecule has 0 saturated carbocycles. The second kappa shape index (κ2) is 3.44. The van der Waals surface area contributed by atoms with Gasteiger partial charge in [-0.15, -0.1) is 4.73 Å². The summed E-state index contributed by atoms with van der Waals surface area (Å²) in [5, 5.41) is 20.0. The molecule has 17 heavy (non-hydrogen) atoms. The Morgan fingerprint density at radius 2 is 1.88 bits per heavy atom. The van der Waals surface area contributed by atoms with Gasteiger partial charge in [0.2, 0.25) is 0 Å². The number of nitrogens with zero attached hydrogens (tertiary/aromatic N) is 3. The van der Waals surface area contributed by atoms with Crippen molar-refractivity contribution >= 4 is 16.7 Å². The molecule has 0 aliphatic rings. The molecule has 2 aromatic rings. The maximum absolute atomic E-state index is 11.4. The third-order valence-electron chi connectivity index (χ3n) is 2.44. The fourth-order valence-electron chi connectivity index (χ4n) is 1.53. The molecule has 1 aromatic heterocycles. The Bertz CT molecular complexity index is 743. The van der Waals surface area contributed by atoms with Crippen LogP contribution < -0.4 is 11.1 Å². The summed E-state index contributed by atoms with van der Waals surface area (Å²) in [7, 11) is 1.35. The standard InChI is InChI=1S/C9H7N3O5/c1-10-6-3-2-5(12(16)17)4-7(6)11(15)9(14)8(10)13/h2-4,15H,1H3. The molecule has 0 unspecified atom stereocenters. The first kappa shape index (κ1) is 10.9. The van der Waals surface area contributed by atoms with Crippen LogP contribution in [0.4, 0.5) is 5.69 Å². The van der Waals surface area contributed by atoms with Gasteiger partial charge in [-0.25, -0.2) is 0 Å². The molecule has 8 heteroatoms. The lowest BCUT2D eigenvalue weighted by molar-refractivity contribution is -0.384. The average Bonchev–Trinajstić information content (AvgIpc) is 2.32. The highest BCUT2D eigenvalue weighted by Crippen LogP contribution is 2.17. The van der Waals surface area contributed by atoms with E-state index in [0.717, 1.165) is 10.6 Å². The van der Waals surface area contributed by atoms with Crippen LogP contribution in [0.3, 0.4) is 0 Å². The Labute approximate surface area is 93.1 Å². The van der Waals surface area contributed by atoms with Crippen LogP contribution in [0.2, 0.25) is 0 Å². The van der Waals surface area contributed by atoms with Gasteiger partial charge in [-0.3, -0.25) is 19.7 Å². The second-order valence-electron chi connectivity index (χ2n) is 3.41. The van der Waals surface area contributed by atoms with Crippen LogP contribution in [0.25, 0.3) is 11.0 Å². The monoisotopic (exact) mass is 237 g/mol. The van der Waals surface area contributed by atoms with E-state index in [1.54, 1.807) is 0 Å². The molecule has 1 N–H and O–H groups in total. The first-order valence-corrected chi connectivity index (χ1v) is 4.53. The molecule has 0 amide bonds. The van der Waals surface area contributed by atoms with Crippen molar-refractivity contribution < 1.29 is 10.1 Å². The van der Waals surface area contributed by atoms with Crippen LogP contribution in [0.1, 0.15) is 0 Å².